The molecule has 2 aliphatic rings. The van der Waals surface area contributed by atoms with E-state index in [2.05, 4.69) is 34.1 Å². The molecule has 2 fully saturated rings. The monoisotopic (exact) mass is 468 g/mol. The first-order valence-electron chi connectivity index (χ1n) is 13.0. The maximum atomic E-state index is 14.3. The molecule has 4 heteroatoms. The third-order valence-electron chi connectivity index (χ3n) is 8.09. The van der Waals surface area contributed by atoms with Gasteiger partial charge in [0.2, 0.25) is 5.91 Å². The van der Waals surface area contributed by atoms with Gasteiger partial charge >= 0.3 is 0 Å². The summed E-state index contributed by atoms with van der Waals surface area (Å²) in [5.41, 5.74) is 1.67. The predicted molar refractivity (Wildman–Crippen MR) is 140 cm³/mol. The van der Waals surface area contributed by atoms with E-state index in [0.29, 0.717) is 12.8 Å². The number of amides is 1. The quantitative estimate of drug-likeness (QED) is 0.533. The molecule has 5 rings (SSSR count). The molecule has 0 aliphatic carbocycles. The molecule has 1 N–H and O–H groups in total. The van der Waals surface area contributed by atoms with Crippen LogP contribution in [0.3, 0.4) is 0 Å². The van der Waals surface area contributed by atoms with Crippen LogP contribution in [0.5, 0.6) is 0 Å². The summed E-state index contributed by atoms with van der Waals surface area (Å²) >= 11 is 0. The lowest BCUT2D eigenvalue weighted by Crippen LogP contribution is -2.50. The lowest BCUT2D eigenvalue weighted by Gasteiger charge is -2.41. The van der Waals surface area contributed by atoms with E-state index < -0.39 is 11.0 Å². The normalized spacial score (nSPS) is 18.5. The van der Waals surface area contributed by atoms with E-state index >= 15 is 0 Å². The zero-order valence-electron chi connectivity index (χ0n) is 20.5. The average molecular weight is 469 g/mol. The van der Waals surface area contributed by atoms with E-state index in [1.54, 1.807) is 0 Å². The molecule has 4 nitrogen and oxygen atoms in total. The average Bonchev–Trinajstić information content (AvgIpc) is 3.47. The number of carbonyl (C=O) groups excluding carboxylic acids is 1. The molecule has 182 valence electrons. The molecule has 0 unspecified atom stereocenters. The number of nitrogens with zero attached hydrogens (tertiary/aromatic N) is 2. The fourth-order valence-electron chi connectivity index (χ4n) is 5.95. The van der Waals surface area contributed by atoms with Crippen molar-refractivity contribution in [3.63, 3.8) is 0 Å². The van der Waals surface area contributed by atoms with Crippen molar-refractivity contribution in [2.75, 3.05) is 32.7 Å². The maximum Gasteiger partial charge on any atom is 0.237 e. The summed E-state index contributed by atoms with van der Waals surface area (Å²) in [6, 6.07) is 30.7. The Kier molecular flexibility index (Phi) is 7.03. The van der Waals surface area contributed by atoms with Crippen LogP contribution >= 0.6 is 0 Å². The summed E-state index contributed by atoms with van der Waals surface area (Å²) < 4.78 is 0. The number of rotatable bonds is 7. The minimum absolute atomic E-state index is 0.227. The van der Waals surface area contributed by atoms with Crippen molar-refractivity contribution < 1.29 is 9.90 Å². The number of benzene rings is 3. The standard InChI is InChI=1S/C31H36N2O2/c34-29(33-21-10-11-22-33)31(27-14-6-2-7-15-27,28-16-8-3-9-17-28)20-25-32-23-18-30(35,19-24-32)26-12-4-1-5-13-26/h1-9,12-17,35H,10-11,18-25H2. The Labute approximate surface area is 209 Å². The highest BCUT2D eigenvalue weighted by Crippen LogP contribution is 2.40. The SMILES string of the molecule is O=C(N1CCCC1)C(CCN1CCC(O)(c2ccccc2)CC1)(c1ccccc1)c1ccccc1. The number of likely N-dealkylation sites (tertiary alicyclic amines) is 2. The lowest BCUT2D eigenvalue weighted by molar-refractivity contribution is -0.135. The first kappa shape index (κ1) is 23.8. The molecule has 2 heterocycles. The van der Waals surface area contributed by atoms with Crippen molar-refractivity contribution >= 4 is 5.91 Å². The van der Waals surface area contributed by atoms with Gasteiger partial charge in [0.1, 0.15) is 5.41 Å². The Morgan fingerprint density at radius 3 is 1.74 bits per heavy atom. The van der Waals surface area contributed by atoms with Crippen molar-refractivity contribution in [3.05, 3.63) is 108 Å². The first-order chi connectivity index (χ1) is 17.1. The van der Waals surface area contributed by atoms with E-state index in [1.807, 2.05) is 66.7 Å². The molecule has 0 bridgehead atoms. The zero-order chi connectivity index (χ0) is 24.1. The molecule has 0 atom stereocenters. The predicted octanol–water partition coefficient (Wildman–Crippen LogP) is 4.97. The molecular formula is C31H36N2O2. The first-order valence-corrected chi connectivity index (χ1v) is 13.0. The lowest BCUT2D eigenvalue weighted by atomic mass is 9.70. The van der Waals surface area contributed by atoms with E-state index in [-0.39, 0.29) is 5.91 Å². The van der Waals surface area contributed by atoms with Gasteiger partial charge in [0.25, 0.3) is 0 Å². The van der Waals surface area contributed by atoms with Gasteiger partial charge in [-0.1, -0.05) is 91.0 Å². The Morgan fingerprint density at radius 1 is 0.743 bits per heavy atom. The number of carbonyl (C=O) groups is 1. The van der Waals surface area contributed by atoms with Crippen LogP contribution in [0.2, 0.25) is 0 Å². The van der Waals surface area contributed by atoms with Crippen molar-refractivity contribution in [2.45, 2.75) is 43.1 Å². The van der Waals surface area contributed by atoms with Gasteiger partial charge in [0.15, 0.2) is 0 Å². The maximum absolute atomic E-state index is 14.3. The topological polar surface area (TPSA) is 43.8 Å². The Morgan fingerprint density at radius 2 is 1.23 bits per heavy atom. The summed E-state index contributed by atoms with van der Waals surface area (Å²) in [6.45, 7) is 4.14. The van der Waals surface area contributed by atoms with Crippen LogP contribution in [0.4, 0.5) is 0 Å². The van der Waals surface area contributed by atoms with Gasteiger partial charge in [-0.05, 0) is 55.3 Å². The van der Waals surface area contributed by atoms with Crippen molar-refractivity contribution in [1.82, 2.24) is 9.80 Å². The van der Waals surface area contributed by atoms with Crippen LogP contribution in [-0.2, 0) is 15.8 Å². The largest absolute Gasteiger partial charge is 0.385 e. The van der Waals surface area contributed by atoms with Crippen molar-refractivity contribution in [1.29, 1.82) is 0 Å². The van der Waals surface area contributed by atoms with Crippen LogP contribution in [0, 0.1) is 0 Å². The van der Waals surface area contributed by atoms with Gasteiger partial charge in [-0.3, -0.25) is 4.79 Å². The van der Waals surface area contributed by atoms with Crippen LogP contribution in [0.25, 0.3) is 0 Å². The molecule has 1 amide bonds. The van der Waals surface area contributed by atoms with Gasteiger partial charge in [0.05, 0.1) is 5.60 Å². The number of hydrogen-bond donors (Lipinski definition) is 1. The smallest absolute Gasteiger partial charge is 0.237 e. The minimum Gasteiger partial charge on any atom is -0.385 e. The number of hydrogen-bond acceptors (Lipinski definition) is 3. The Balaban J connectivity index is 1.41. The highest BCUT2D eigenvalue weighted by atomic mass is 16.3. The van der Waals surface area contributed by atoms with Gasteiger partial charge in [-0.25, -0.2) is 0 Å². The number of piperidine rings is 1. The molecule has 0 aromatic heterocycles. The molecule has 3 aromatic carbocycles. The number of aliphatic hydroxyl groups is 1. The summed E-state index contributed by atoms with van der Waals surface area (Å²) in [5, 5.41) is 11.3. The molecule has 3 aromatic rings. The Hall–Kier alpha value is -2.95. The molecule has 2 saturated heterocycles. The van der Waals surface area contributed by atoms with Crippen LogP contribution in [-0.4, -0.2) is 53.5 Å². The minimum atomic E-state index is -0.765. The second-order valence-corrected chi connectivity index (χ2v) is 10.1. The van der Waals surface area contributed by atoms with Crippen molar-refractivity contribution in [2.24, 2.45) is 0 Å². The fourth-order valence-corrected chi connectivity index (χ4v) is 5.95. The Bertz CT molecular complexity index is 1050. The van der Waals surface area contributed by atoms with Crippen LogP contribution < -0.4 is 0 Å². The van der Waals surface area contributed by atoms with E-state index in [4.69, 9.17) is 0 Å². The van der Waals surface area contributed by atoms with Crippen LogP contribution in [0.1, 0.15) is 48.8 Å². The van der Waals surface area contributed by atoms with E-state index in [1.165, 1.54) is 0 Å². The van der Waals surface area contributed by atoms with Gasteiger partial charge in [0, 0.05) is 26.2 Å². The van der Waals surface area contributed by atoms with Gasteiger partial charge in [-0.15, -0.1) is 0 Å². The van der Waals surface area contributed by atoms with E-state index in [0.717, 1.165) is 68.7 Å². The second-order valence-electron chi connectivity index (χ2n) is 10.1. The van der Waals surface area contributed by atoms with E-state index in [9.17, 15) is 9.90 Å². The molecule has 0 saturated carbocycles. The zero-order valence-corrected chi connectivity index (χ0v) is 20.5. The molecule has 0 radical (unpaired) electrons. The summed E-state index contributed by atoms with van der Waals surface area (Å²) in [7, 11) is 0. The third kappa shape index (κ3) is 4.78. The fraction of sp³-hybridized carbons (Fsp3) is 0.387. The highest BCUT2D eigenvalue weighted by molar-refractivity contribution is 5.92. The second kappa shape index (κ2) is 10.3. The van der Waals surface area contributed by atoms with Gasteiger partial charge in [-0.2, -0.15) is 0 Å². The summed E-state index contributed by atoms with van der Waals surface area (Å²) in [5.74, 6) is 0.227. The molecular weight excluding hydrogens is 432 g/mol. The van der Waals surface area contributed by atoms with Gasteiger partial charge < -0.3 is 14.9 Å². The summed E-state index contributed by atoms with van der Waals surface area (Å²) in [6.07, 6.45) is 4.30. The third-order valence-corrected chi connectivity index (χ3v) is 8.09. The highest BCUT2D eigenvalue weighted by Gasteiger charge is 2.45. The molecule has 2 aliphatic heterocycles. The van der Waals surface area contributed by atoms with Crippen molar-refractivity contribution in [3.8, 4) is 0 Å². The summed E-state index contributed by atoms with van der Waals surface area (Å²) in [4.78, 5) is 18.8. The molecule has 35 heavy (non-hydrogen) atoms. The molecule has 0 spiro atoms. The van der Waals surface area contributed by atoms with Crippen LogP contribution in [0.15, 0.2) is 91.0 Å².